The van der Waals surface area contributed by atoms with E-state index in [9.17, 15) is 18.0 Å². The Kier molecular flexibility index (Phi) is 5.79. The summed E-state index contributed by atoms with van der Waals surface area (Å²) in [6.45, 7) is 2.92. The average Bonchev–Trinajstić information content (AvgIpc) is 3.43. The Morgan fingerprint density at radius 2 is 1.84 bits per heavy atom. The van der Waals surface area contributed by atoms with Crippen LogP contribution >= 0.6 is 0 Å². The van der Waals surface area contributed by atoms with Crippen molar-refractivity contribution in [1.29, 1.82) is 0 Å². The Hall–Kier alpha value is -3.17. The number of rotatable bonds is 5. The predicted octanol–water partition coefficient (Wildman–Crippen LogP) is 2.53. The number of carbonyl (C=O) groups excluding carboxylic acids is 2. The molecule has 9 heteroatoms. The normalized spacial score (nSPS) is 14.6. The van der Waals surface area contributed by atoms with Crippen molar-refractivity contribution in [2.75, 3.05) is 13.1 Å². The molecule has 2 amide bonds. The molecule has 1 saturated heterocycles. The van der Waals surface area contributed by atoms with Crippen molar-refractivity contribution >= 4 is 32.8 Å². The van der Waals surface area contributed by atoms with Crippen LogP contribution in [0.3, 0.4) is 0 Å². The van der Waals surface area contributed by atoms with Gasteiger partial charge in [0.25, 0.3) is 5.91 Å². The summed E-state index contributed by atoms with van der Waals surface area (Å²) in [4.78, 5) is 24.8. The Bertz CT molecular complexity index is 1240. The molecule has 0 unspecified atom stereocenters. The lowest BCUT2D eigenvalue weighted by molar-refractivity contribution is -0.121. The molecule has 1 fully saturated rings. The van der Waals surface area contributed by atoms with Gasteiger partial charge in [-0.2, -0.15) is 4.31 Å². The van der Waals surface area contributed by atoms with Crippen LogP contribution in [0.5, 0.6) is 0 Å². The molecule has 4 rings (SSSR count). The molecule has 31 heavy (non-hydrogen) atoms. The minimum Gasteiger partial charge on any atom is -0.464 e. The topological polar surface area (TPSA) is 109 Å². The molecule has 0 aliphatic carbocycles. The lowest BCUT2D eigenvalue weighted by Crippen LogP contribution is -2.42. The lowest BCUT2D eigenvalue weighted by atomic mass is 10.1. The molecule has 0 atom stereocenters. The smallest absolute Gasteiger partial charge is 0.269 e. The van der Waals surface area contributed by atoms with E-state index in [2.05, 4.69) is 10.9 Å². The highest BCUT2D eigenvalue weighted by atomic mass is 32.2. The lowest BCUT2D eigenvalue weighted by Gasteiger charge is -2.16. The molecule has 0 bridgehead atoms. The van der Waals surface area contributed by atoms with Crippen LogP contribution in [0.25, 0.3) is 11.0 Å². The van der Waals surface area contributed by atoms with Crippen LogP contribution in [0, 0.1) is 6.92 Å². The molecule has 0 radical (unpaired) electrons. The third-order valence-electron chi connectivity index (χ3n) is 5.28. The van der Waals surface area contributed by atoms with Crippen molar-refractivity contribution in [3.63, 3.8) is 0 Å². The molecule has 0 spiro atoms. The van der Waals surface area contributed by atoms with Crippen molar-refractivity contribution in [2.45, 2.75) is 31.1 Å². The first-order valence-corrected chi connectivity index (χ1v) is 11.4. The van der Waals surface area contributed by atoms with Gasteiger partial charge < -0.3 is 4.42 Å². The molecule has 1 aliphatic rings. The zero-order valence-electron chi connectivity index (χ0n) is 17.1. The fraction of sp³-hybridized carbons (Fsp3) is 0.273. The number of benzene rings is 2. The number of aryl methyl sites for hydroxylation is 1. The number of hydrogen-bond acceptors (Lipinski definition) is 5. The Morgan fingerprint density at radius 1 is 1.06 bits per heavy atom. The van der Waals surface area contributed by atoms with Crippen LogP contribution in [-0.4, -0.2) is 37.6 Å². The van der Waals surface area contributed by atoms with Crippen LogP contribution in [0.15, 0.2) is 58.0 Å². The summed E-state index contributed by atoms with van der Waals surface area (Å²) in [6, 6.07) is 11.5. The van der Waals surface area contributed by atoms with Gasteiger partial charge in [-0.05, 0) is 49.6 Å². The third kappa shape index (κ3) is 4.47. The van der Waals surface area contributed by atoms with E-state index in [-0.39, 0.29) is 16.9 Å². The number of amides is 2. The minimum atomic E-state index is -3.63. The Labute approximate surface area is 180 Å². The number of fused-ring (bicyclic) bond motifs is 1. The van der Waals surface area contributed by atoms with Gasteiger partial charge in [-0.3, -0.25) is 20.4 Å². The van der Waals surface area contributed by atoms with Crippen LogP contribution in [0.2, 0.25) is 0 Å². The van der Waals surface area contributed by atoms with Crippen molar-refractivity contribution < 1.29 is 22.4 Å². The molecule has 2 heterocycles. The van der Waals surface area contributed by atoms with Crippen LogP contribution in [-0.2, 0) is 21.2 Å². The van der Waals surface area contributed by atoms with E-state index in [1.54, 1.807) is 0 Å². The highest BCUT2D eigenvalue weighted by Crippen LogP contribution is 2.23. The largest absolute Gasteiger partial charge is 0.464 e. The first kappa shape index (κ1) is 21.1. The van der Waals surface area contributed by atoms with Gasteiger partial charge in [0.1, 0.15) is 5.58 Å². The summed E-state index contributed by atoms with van der Waals surface area (Å²) in [6.07, 6.45) is 3.21. The zero-order valence-corrected chi connectivity index (χ0v) is 17.9. The van der Waals surface area contributed by atoms with Gasteiger partial charge in [0.2, 0.25) is 15.9 Å². The first-order valence-electron chi connectivity index (χ1n) is 10.0. The van der Waals surface area contributed by atoms with E-state index in [1.807, 2.05) is 25.1 Å². The third-order valence-corrected chi connectivity index (χ3v) is 7.17. The fourth-order valence-corrected chi connectivity index (χ4v) is 5.18. The summed E-state index contributed by atoms with van der Waals surface area (Å²) in [5.41, 5.74) is 7.31. The van der Waals surface area contributed by atoms with E-state index in [1.165, 1.54) is 34.8 Å². The number of hydrogen-bond donors (Lipinski definition) is 2. The quantitative estimate of drug-likeness (QED) is 0.592. The number of hydrazine groups is 1. The van der Waals surface area contributed by atoms with Gasteiger partial charge in [-0.1, -0.05) is 18.2 Å². The van der Waals surface area contributed by atoms with Gasteiger partial charge in [0, 0.05) is 29.6 Å². The summed E-state index contributed by atoms with van der Waals surface area (Å²) < 4.78 is 32.3. The second-order valence-electron chi connectivity index (χ2n) is 7.58. The van der Waals surface area contributed by atoms with Gasteiger partial charge >= 0.3 is 0 Å². The maximum Gasteiger partial charge on any atom is 0.269 e. The molecule has 1 aromatic heterocycles. The number of sulfonamides is 1. The monoisotopic (exact) mass is 441 g/mol. The molecule has 0 saturated carbocycles. The standard InChI is InChI=1S/C22H23N3O5S/c1-15-7-8-19-17(14-30-20(19)11-15)13-21(26)23-24-22(27)16-5-4-6-18(12-16)31(28,29)25-9-2-3-10-25/h4-8,11-12,14H,2-3,9-10,13H2,1H3,(H,23,26)(H,24,27). The zero-order chi connectivity index (χ0) is 22.0. The van der Waals surface area contributed by atoms with Crippen molar-refractivity contribution in [2.24, 2.45) is 0 Å². The van der Waals surface area contributed by atoms with Gasteiger partial charge in [-0.15, -0.1) is 0 Å². The number of nitrogens with zero attached hydrogens (tertiary/aromatic N) is 1. The molecule has 3 aromatic rings. The van der Waals surface area contributed by atoms with E-state index in [0.29, 0.717) is 24.2 Å². The van der Waals surface area contributed by atoms with E-state index < -0.39 is 21.8 Å². The van der Waals surface area contributed by atoms with Crippen molar-refractivity contribution in [3.8, 4) is 0 Å². The van der Waals surface area contributed by atoms with E-state index >= 15 is 0 Å². The van der Waals surface area contributed by atoms with E-state index in [0.717, 1.165) is 23.8 Å². The van der Waals surface area contributed by atoms with Crippen LogP contribution < -0.4 is 10.9 Å². The predicted molar refractivity (Wildman–Crippen MR) is 115 cm³/mol. The average molecular weight is 442 g/mol. The second-order valence-corrected chi connectivity index (χ2v) is 9.52. The molecule has 1 aliphatic heterocycles. The number of carbonyl (C=O) groups is 2. The molecule has 2 N–H and O–H groups in total. The van der Waals surface area contributed by atoms with Crippen molar-refractivity contribution in [3.05, 3.63) is 65.4 Å². The molecular formula is C22H23N3O5S. The summed E-state index contributed by atoms with van der Waals surface area (Å²) in [5, 5.41) is 0.840. The van der Waals surface area contributed by atoms with Crippen molar-refractivity contribution in [1.82, 2.24) is 15.2 Å². The molecule has 162 valence electrons. The number of furan rings is 1. The highest BCUT2D eigenvalue weighted by molar-refractivity contribution is 7.89. The first-order chi connectivity index (χ1) is 14.8. The Balaban J connectivity index is 1.40. The fourth-order valence-electron chi connectivity index (χ4n) is 3.62. The molecular weight excluding hydrogens is 418 g/mol. The van der Waals surface area contributed by atoms with E-state index in [4.69, 9.17) is 4.42 Å². The summed E-state index contributed by atoms with van der Waals surface area (Å²) >= 11 is 0. The summed E-state index contributed by atoms with van der Waals surface area (Å²) in [7, 11) is -3.63. The van der Waals surface area contributed by atoms with Gasteiger partial charge in [0.15, 0.2) is 0 Å². The second kappa shape index (κ2) is 8.52. The van der Waals surface area contributed by atoms with Gasteiger partial charge in [-0.25, -0.2) is 8.42 Å². The van der Waals surface area contributed by atoms with Gasteiger partial charge in [0.05, 0.1) is 17.6 Å². The highest BCUT2D eigenvalue weighted by Gasteiger charge is 2.27. The minimum absolute atomic E-state index is 0.0275. The molecule has 2 aromatic carbocycles. The van der Waals surface area contributed by atoms with Crippen LogP contribution in [0.4, 0.5) is 0 Å². The maximum absolute atomic E-state index is 12.7. The number of nitrogens with one attached hydrogen (secondary N) is 2. The SMILES string of the molecule is Cc1ccc2c(CC(=O)NNC(=O)c3cccc(S(=O)(=O)N4CCCC4)c3)coc2c1. The Morgan fingerprint density at radius 3 is 2.61 bits per heavy atom. The van der Waals surface area contributed by atoms with Crippen LogP contribution in [0.1, 0.15) is 34.3 Å². The molecule has 8 nitrogen and oxygen atoms in total. The summed E-state index contributed by atoms with van der Waals surface area (Å²) in [5.74, 6) is -1.02. The maximum atomic E-state index is 12.7.